The van der Waals surface area contributed by atoms with Crippen LogP contribution in [0.2, 0.25) is 0 Å². The number of hydrogen-bond acceptors (Lipinski definition) is 3. The van der Waals surface area contributed by atoms with Gasteiger partial charge in [-0.25, -0.2) is 0 Å². The summed E-state index contributed by atoms with van der Waals surface area (Å²) >= 11 is 0. The van der Waals surface area contributed by atoms with E-state index in [0.717, 1.165) is 13.1 Å². The molecular weight excluding hydrogens is 200 g/mol. The Morgan fingerprint density at radius 1 is 1.38 bits per heavy atom. The van der Waals surface area contributed by atoms with Crippen molar-refractivity contribution >= 4 is 5.78 Å². The molecule has 0 aliphatic rings. The molecule has 0 radical (unpaired) electrons. The van der Waals surface area contributed by atoms with Crippen molar-refractivity contribution in [3.05, 3.63) is 35.9 Å². The predicted octanol–water partition coefficient (Wildman–Crippen LogP) is 1.99. The van der Waals surface area contributed by atoms with E-state index in [1.165, 1.54) is 5.56 Å². The number of Topliss-reactive ketones (excluding diaryl/α,β-unsaturated/α-hetero) is 1. The molecule has 0 aliphatic heterocycles. The maximum absolute atomic E-state index is 11.3. The highest BCUT2D eigenvalue weighted by molar-refractivity contribution is 5.82. The third-order valence-corrected chi connectivity index (χ3v) is 2.37. The van der Waals surface area contributed by atoms with Gasteiger partial charge in [-0.15, -0.1) is 0 Å². The van der Waals surface area contributed by atoms with Crippen molar-refractivity contribution < 1.29 is 4.79 Å². The van der Waals surface area contributed by atoms with E-state index < -0.39 is 0 Å². The number of carbonyl (C=O) groups is 1. The smallest absolute Gasteiger partial charge is 0.160 e. The van der Waals surface area contributed by atoms with Crippen LogP contribution >= 0.6 is 0 Å². The van der Waals surface area contributed by atoms with E-state index in [1.54, 1.807) is 0 Å². The molecule has 1 aromatic rings. The second-order valence-electron chi connectivity index (χ2n) is 3.66. The van der Waals surface area contributed by atoms with Crippen LogP contribution < -0.4 is 0 Å². The van der Waals surface area contributed by atoms with Gasteiger partial charge in [0.25, 0.3) is 0 Å². The Hall–Kier alpha value is -1.66. The minimum atomic E-state index is -0.0136. The van der Waals surface area contributed by atoms with Crippen molar-refractivity contribution in [2.45, 2.75) is 19.9 Å². The van der Waals surface area contributed by atoms with Crippen molar-refractivity contribution in [2.75, 3.05) is 13.1 Å². The molecule has 0 aliphatic carbocycles. The van der Waals surface area contributed by atoms with Crippen LogP contribution in [0, 0.1) is 11.3 Å². The maximum atomic E-state index is 11.3. The first-order chi connectivity index (χ1) is 7.76. The molecule has 0 N–H and O–H groups in total. The fraction of sp³-hybridized carbons (Fsp3) is 0.385. The topological polar surface area (TPSA) is 44.1 Å². The summed E-state index contributed by atoms with van der Waals surface area (Å²) in [6.07, 6.45) is 0.00525. The van der Waals surface area contributed by atoms with Gasteiger partial charge in [0, 0.05) is 6.54 Å². The van der Waals surface area contributed by atoms with E-state index in [-0.39, 0.29) is 12.2 Å². The van der Waals surface area contributed by atoms with Gasteiger partial charge < -0.3 is 0 Å². The SMILES string of the molecule is CCN(CC(=O)CC#N)Cc1ccccc1. The Morgan fingerprint density at radius 2 is 2.06 bits per heavy atom. The molecule has 3 nitrogen and oxygen atoms in total. The van der Waals surface area contributed by atoms with E-state index in [9.17, 15) is 4.79 Å². The van der Waals surface area contributed by atoms with Crippen LogP contribution in [-0.4, -0.2) is 23.8 Å². The van der Waals surface area contributed by atoms with Gasteiger partial charge in [-0.3, -0.25) is 9.69 Å². The molecule has 0 amide bonds. The Kier molecular flexibility index (Phi) is 5.24. The number of likely N-dealkylation sites (N-methyl/N-ethyl adjacent to an activating group) is 1. The lowest BCUT2D eigenvalue weighted by atomic mass is 10.2. The quantitative estimate of drug-likeness (QED) is 0.730. The van der Waals surface area contributed by atoms with Crippen molar-refractivity contribution in [1.29, 1.82) is 5.26 Å². The van der Waals surface area contributed by atoms with Gasteiger partial charge in [0.2, 0.25) is 0 Å². The first kappa shape index (κ1) is 12.4. The third kappa shape index (κ3) is 4.24. The average molecular weight is 216 g/mol. The summed E-state index contributed by atoms with van der Waals surface area (Å²) in [5.74, 6) is -0.0136. The zero-order valence-electron chi connectivity index (χ0n) is 9.52. The van der Waals surface area contributed by atoms with Crippen molar-refractivity contribution in [1.82, 2.24) is 4.90 Å². The lowest BCUT2D eigenvalue weighted by molar-refractivity contribution is -0.119. The summed E-state index contributed by atoms with van der Waals surface area (Å²) in [6, 6.07) is 11.9. The fourth-order valence-corrected chi connectivity index (χ4v) is 1.51. The highest BCUT2D eigenvalue weighted by atomic mass is 16.1. The molecule has 0 saturated carbocycles. The minimum Gasteiger partial charge on any atom is -0.297 e. The lowest BCUT2D eigenvalue weighted by Gasteiger charge is -2.18. The maximum Gasteiger partial charge on any atom is 0.160 e. The van der Waals surface area contributed by atoms with Crippen LogP contribution in [0.4, 0.5) is 0 Å². The second kappa shape index (κ2) is 6.76. The summed E-state index contributed by atoms with van der Waals surface area (Å²) in [5, 5.41) is 8.42. The molecule has 0 heterocycles. The van der Waals surface area contributed by atoms with Gasteiger partial charge in [-0.1, -0.05) is 37.3 Å². The molecule has 0 fully saturated rings. The van der Waals surface area contributed by atoms with E-state index in [0.29, 0.717) is 6.54 Å². The molecule has 0 atom stereocenters. The fourth-order valence-electron chi connectivity index (χ4n) is 1.51. The molecule has 16 heavy (non-hydrogen) atoms. The second-order valence-corrected chi connectivity index (χ2v) is 3.66. The summed E-state index contributed by atoms with van der Waals surface area (Å²) in [5.41, 5.74) is 1.19. The Labute approximate surface area is 96.3 Å². The number of ketones is 1. The molecule has 3 heteroatoms. The van der Waals surface area contributed by atoms with Crippen LogP contribution in [0.5, 0.6) is 0 Å². The monoisotopic (exact) mass is 216 g/mol. The summed E-state index contributed by atoms with van der Waals surface area (Å²) in [6.45, 7) is 3.95. The van der Waals surface area contributed by atoms with Gasteiger partial charge in [0.05, 0.1) is 19.0 Å². The molecule has 0 aromatic heterocycles. The Bertz CT molecular complexity index is 367. The van der Waals surface area contributed by atoms with Gasteiger partial charge in [0.1, 0.15) is 0 Å². The number of nitriles is 1. The molecule has 0 unspecified atom stereocenters. The molecule has 0 saturated heterocycles. The van der Waals surface area contributed by atoms with Crippen molar-refractivity contribution in [2.24, 2.45) is 0 Å². The molecule has 0 spiro atoms. The van der Waals surface area contributed by atoms with E-state index in [1.807, 2.05) is 48.2 Å². The van der Waals surface area contributed by atoms with Crippen molar-refractivity contribution in [3.63, 3.8) is 0 Å². The standard InChI is InChI=1S/C13H16N2O/c1-2-15(11-13(16)8-9-14)10-12-6-4-3-5-7-12/h3-7H,2,8,10-11H2,1H3. The largest absolute Gasteiger partial charge is 0.297 e. The van der Waals surface area contributed by atoms with Gasteiger partial charge >= 0.3 is 0 Å². The molecule has 1 aromatic carbocycles. The Morgan fingerprint density at radius 3 is 2.62 bits per heavy atom. The predicted molar refractivity (Wildman–Crippen MR) is 62.6 cm³/mol. The normalized spacial score (nSPS) is 10.1. The van der Waals surface area contributed by atoms with Crippen LogP contribution in [0.3, 0.4) is 0 Å². The molecule has 1 rings (SSSR count). The van der Waals surface area contributed by atoms with E-state index >= 15 is 0 Å². The number of carbonyl (C=O) groups excluding carboxylic acids is 1. The first-order valence-electron chi connectivity index (χ1n) is 5.41. The number of nitrogens with zero attached hydrogens (tertiary/aromatic N) is 2. The summed E-state index contributed by atoms with van der Waals surface area (Å²) in [4.78, 5) is 13.4. The van der Waals surface area contributed by atoms with E-state index in [4.69, 9.17) is 5.26 Å². The summed E-state index contributed by atoms with van der Waals surface area (Å²) in [7, 11) is 0. The number of hydrogen-bond donors (Lipinski definition) is 0. The van der Waals surface area contributed by atoms with Gasteiger partial charge in [-0.05, 0) is 12.1 Å². The number of benzene rings is 1. The van der Waals surface area contributed by atoms with E-state index in [2.05, 4.69) is 0 Å². The Balaban J connectivity index is 2.50. The van der Waals surface area contributed by atoms with Crippen molar-refractivity contribution in [3.8, 4) is 6.07 Å². The van der Waals surface area contributed by atoms with Gasteiger partial charge in [-0.2, -0.15) is 5.26 Å². The molecule has 84 valence electrons. The van der Waals surface area contributed by atoms with Gasteiger partial charge in [0.15, 0.2) is 5.78 Å². The van der Waals surface area contributed by atoms with Crippen LogP contribution in [-0.2, 0) is 11.3 Å². The zero-order valence-corrected chi connectivity index (χ0v) is 9.52. The third-order valence-electron chi connectivity index (χ3n) is 2.37. The van der Waals surface area contributed by atoms with Crippen LogP contribution in [0.15, 0.2) is 30.3 Å². The minimum absolute atomic E-state index is 0.00525. The highest BCUT2D eigenvalue weighted by Gasteiger charge is 2.08. The van der Waals surface area contributed by atoms with Crippen LogP contribution in [0.25, 0.3) is 0 Å². The zero-order chi connectivity index (χ0) is 11.8. The summed E-state index contributed by atoms with van der Waals surface area (Å²) < 4.78 is 0. The molecule has 0 bridgehead atoms. The van der Waals surface area contributed by atoms with Crippen LogP contribution in [0.1, 0.15) is 18.9 Å². The first-order valence-corrected chi connectivity index (χ1v) is 5.41. The molecular formula is C13H16N2O. The highest BCUT2D eigenvalue weighted by Crippen LogP contribution is 2.04. The lowest BCUT2D eigenvalue weighted by Crippen LogP contribution is -2.29. The number of rotatable bonds is 6. The average Bonchev–Trinajstić information content (AvgIpc) is 2.30.